The minimum Gasteiger partial charge on any atom is -0.0840 e. The Morgan fingerprint density at radius 2 is 1.14 bits per heavy atom. The van der Waals surface area contributed by atoms with Crippen LogP contribution in [0.25, 0.3) is 22.3 Å². The summed E-state index contributed by atoms with van der Waals surface area (Å²) in [4.78, 5) is 0. The Morgan fingerprint density at radius 1 is 0.571 bits per heavy atom. The van der Waals surface area contributed by atoms with Gasteiger partial charge in [0.05, 0.1) is 5.41 Å². The Balaban J connectivity index is 1.90. The minimum absolute atomic E-state index is 0.340. The van der Waals surface area contributed by atoms with Crippen molar-refractivity contribution in [3.05, 3.63) is 117 Å². The van der Waals surface area contributed by atoms with Crippen molar-refractivity contribution >= 4 is 11.6 Å². The van der Waals surface area contributed by atoms with E-state index in [0.717, 1.165) is 5.02 Å². The number of fused-ring (bicyclic) bond motifs is 10. The van der Waals surface area contributed by atoms with Gasteiger partial charge in [-0.2, -0.15) is 0 Å². The Morgan fingerprint density at radius 3 is 1.82 bits per heavy atom. The Bertz CT molecular complexity index is 1240. The zero-order valence-electron chi connectivity index (χ0n) is 15.9. The summed E-state index contributed by atoms with van der Waals surface area (Å²) in [5, 5.41) is 0.843. The van der Waals surface area contributed by atoms with Crippen LogP contribution < -0.4 is 0 Å². The van der Waals surface area contributed by atoms with E-state index in [4.69, 9.17) is 11.6 Å². The quantitative estimate of drug-likeness (QED) is 0.260. The van der Waals surface area contributed by atoms with E-state index in [2.05, 4.69) is 86.6 Å². The number of hydrogen-bond acceptors (Lipinski definition) is 0. The molecule has 0 unspecified atom stereocenters. The van der Waals surface area contributed by atoms with Crippen molar-refractivity contribution in [3.8, 4) is 22.3 Å². The molecule has 0 saturated carbocycles. The fraction of sp³-hybridized carbons (Fsp3) is 0.111. The maximum atomic E-state index is 6.94. The van der Waals surface area contributed by atoms with Gasteiger partial charge in [-0.15, -0.1) is 0 Å². The zero-order chi connectivity index (χ0) is 19.0. The van der Waals surface area contributed by atoms with Crippen LogP contribution >= 0.6 is 11.6 Å². The highest BCUT2D eigenvalue weighted by atomic mass is 35.5. The second-order valence-electron chi connectivity index (χ2n) is 8.06. The molecule has 0 fully saturated rings. The predicted molar refractivity (Wildman–Crippen MR) is 117 cm³/mol. The molecule has 0 amide bonds. The van der Waals surface area contributed by atoms with Gasteiger partial charge in [-0.3, -0.25) is 0 Å². The van der Waals surface area contributed by atoms with Gasteiger partial charge in [0.15, 0.2) is 0 Å². The average Bonchev–Trinajstić information content (AvgIpc) is 3.15. The third kappa shape index (κ3) is 1.77. The topological polar surface area (TPSA) is 0 Å². The van der Waals surface area contributed by atoms with Gasteiger partial charge < -0.3 is 0 Å². The second-order valence-corrected chi connectivity index (χ2v) is 8.46. The minimum atomic E-state index is -0.340. The lowest BCUT2D eigenvalue weighted by Crippen LogP contribution is -2.26. The number of halogens is 1. The van der Waals surface area contributed by atoms with Crippen molar-refractivity contribution in [2.45, 2.75) is 19.3 Å². The van der Waals surface area contributed by atoms with Crippen LogP contribution in [-0.2, 0) is 5.41 Å². The lowest BCUT2D eigenvalue weighted by Gasteiger charge is -2.31. The van der Waals surface area contributed by atoms with Crippen molar-refractivity contribution in [2.75, 3.05) is 0 Å². The molecule has 0 atom stereocenters. The molecule has 0 nitrogen and oxygen atoms in total. The third-order valence-electron chi connectivity index (χ3n) is 6.46. The first-order valence-electron chi connectivity index (χ1n) is 9.74. The van der Waals surface area contributed by atoms with Crippen LogP contribution in [0, 0.1) is 13.8 Å². The molecule has 0 heterocycles. The zero-order valence-corrected chi connectivity index (χ0v) is 16.6. The highest BCUT2D eigenvalue weighted by molar-refractivity contribution is 6.32. The molecule has 4 aromatic rings. The fourth-order valence-electron chi connectivity index (χ4n) is 5.42. The molecular weight excluding hydrogens is 360 g/mol. The molecule has 0 saturated heterocycles. The highest BCUT2D eigenvalue weighted by Gasteiger charge is 2.52. The van der Waals surface area contributed by atoms with Gasteiger partial charge in [0.25, 0.3) is 0 Å². The first kappa shape index (κ1) is 16.2. The van der Waals surface area contributed by atoms with Crippen LogP contribution in [0.1, 0.15) is 33.4 Å². The predicted octanol–water partition coefficient (Wildman–Crippen LogP) is 7.30. The monoisotopic (exact) mass is 378 g/mol. The standard InChI is InChI=1S/C27H19Cl/c1-16-10-12-19-20-13-11-17(2)15-24(20)27(23(19)14-16)22-8-4-3-6-18(22)21-7-5-9-25(28)26(21)27/h3-15H,1-2H3. The number of hydrogen-bond donors (Lipinski definition) is 0. The molecule has 4 aromatic carbocycles. The molecule has 1 heteroatoms. The molecule has 0 aromatic heterocycles. The first-order valence-corrected chi connectivity index (χ1v) is 10.1. The third-order valence-corrected chi connectivity index (χ3v) is 6.77. The Hall–Kier alpha value is -2.83. The van der Waals surface area contributed by atoms with Crippen LogP contribution in [0.15, 0.2) is 78.9 Å². The van der Waals surface area contributed by atoms with Crippen molar-refractivity contribution in [2.24, 2.45) is 0 Å². The summed E-state index contributed by atoms with van der Waals surface area (Å²) in [5.74, 6) is 0. The summed E-state index contributed by atoms with van der Waals surface area (Å²) in [7, 11) is 0. The van der Waals surface area contributed by atoms with Gasteiger partial charge in [-0.25, -0.2) is 0 Å². The molecule has 2 aliphatic rings. The summed E-state index contributed by atoms with van der Waals surface area (Å²) in [5.41, 5.74) is 12.7. The summed E-state index contributed by atoms with van der Waals surface area (Å²) in [6.45, 7) is 4.35. The number of aryl methyl sites for hydroxylation is 2. The molecular formula is C27H19Cl. The fourth-order valence-corrected chi connectivity index (χ4v) is 5.74. The molecule has 0 N–H and O–H groups in total. The van der Waals surface area contributed by atoms with Crippen LogP contribution in [0.4, 0.5) is 0 Å². The molecule has 0 bridgehead atoms. The normalized spacial score (nSPS) is 14.5. The van der Waals surface area contributed by atoms with Crippen LogP contribution in [-0.4, -0.2) is 0 Å². The van der Waals surface area contributed by atoms with Gasteiger partial charge in [0.1, 0.15) is 0 Å². The average molecular weight is 379 g/mol. The lowest BCUT2D eigenvalue weighted by molar-refractivity contribution is 0.792. The first-order chi connectivity index (χ1) is 13.6. The number of rotatable bonds is 0. The summed E-state index contributed by atoms with van der Waals surface area (Å²) >= 11 is 6.94. The molecule has 2 aliphatic carbocycles. The van der Waals surface area contributed by atoms with E-state index in [9.17, 15) is 0 Å². The van der Waals surface area contributed by atoms with Gasteiger partial charge in [0.2, 0.25) is 0 Å². The Labute approximate surface area is 170 Å². The van der Waals surface area contributed by atoms with E-state index in [1.807, 2.05) is 6.07 Å². The molecule has 0 radical (unpaired) electrons. The van der Waals surface area contributed by atoms with E-state index in [1.165, 1.54) is 55.6 Å². The van der Waals surface area contributed by atoms with Gasteiger partial charge in [0, 0.05) is 5.02 Å². The summed E-state index contributed by atoms with van der Waals surface area (Å²) in [6, 6.07) is 28.9. The van der Waals surface area contributed by atoms with Crippen LogP contribution in [0.2, 0.25) is 5.02 Å². The number of benzene rings is 4. The molecule has 1 spiro atoms. The van der Waals surface area contributed by atoms with E-state index in [-0.39, 0.29) is 5.41 Å². The maximum Gasteiger partial charge on any atom is 0.0740 e. The second kappa shape index (κ2) is 5.37. The van der Waals surface area contributed by atoms with Gasteiger partial charge >= 0.3 is 0 Å². The lowest BCUT2D eigenvalue weighted by atomic mass is 9.70. The van der Waals surface area contributed by atoms with Crippen molar-refractivity contribution in [3.63, 3.8) is 0 Å². The van der Waals surface area contributed by atoms with Crippen molar-refractivity contribution in [1.29, 1.82) is 0 Å². The Kier molecular flexibility index (Phi) is 3.10. The largest absolute Gasteiger partial charge is 0.0840 e. The van der Waals surface area contributed by atoms with E-state index < -0.39 is 0 Å². The highest BCUT2D eigenvalue weighted by Crippen LogP contribution is 2.64. The van der Waals surface area contributed by atoms with Gasteiger partial charge in [-0.05, 0) is 64.4 Å². The van der Waals surface area contributed by atoms with E-state index in [1.54, 1.807) is 0 Å². The van der Waals surface area contributed by atoms with Crippen molar-refractivity contribution in [1.82, 2.24) is 0 Å². The van der Waals surface area contributed by atoms with Crippen LogP contribution in [0.3, 0.4) is 0 Å². The maximum absolute atomic E-state index is 6.94. The molecule has 134 valence electrons. The van der Waals surface area contributed by atoms with Crippen molar-refractivity contribution < 1.29 is 0 Å². The molecule has 0 aliphatic heterocycles. The smallest absolute Gasteiger partial charge is 0.0740 e. The van der Waals surface area contributed by atoms with E-state index in [0.29, 0.717) is 0 Å². The molecule has 6 rings (SSSR count). The van der Waals surface area contributed by atoms with Crippen LogP contribution in [0.5, 0.6) is 0 Å². The summed E-state index contributed by atoms with van der Waals surface area (Å²) < 4.78 is 0. The summed E-state index contributed by atoms with van der Waals surface area (Å²) in [6.07, 6.45) is 0. The SMILES string of the molecule is Cc1ccc2c(c1)C1(c3cc(C)ccc3-2)c2ccccc2-c2cccc(Cl)c21. The molecule has 28 heavy (non-hydrogen) atoms. The van der Waals surface area contributed by atoms with E-state index >= 15 is 0 Å². The van der Waals surface area contributed by atoms with Gasteiger partial charge in [-0.1, -0.05) is 95.5 Å².